The van der Waals surface area contributed by atoms with Crippen LogP contribution < -0.4 is 38.9 Å². The third kappa shape index (κ3) is 12.7. The molecule has 0 saturated carbocycles. The maximum atomic E-state index is 13.2. The van der Waals surface area contributed by atoms with E-state index >= 15 is 0 Å². The zero-order valence-electron chi connectivity index (χ0n) is 21.4. The van der Waals surface area contributed by atoms with E-state index in [1.165, 1.54) is 24.3 Å². The molecular weight excluding hydrogens is 514 g/mol. The maximum absolute atomic E-state index is 13.2. The SMILES string of the molecule is NCCCCC(N)C(=O)NC(CCC(N)=O)C(=O)NC(Cc1ccc(O)cc1)C(=O)NC(CC(N)=O)C(=O)O. The van der Waals surface area contributed by atoms with Crippen molar-refractivity contribution in [2.75, 3.05) is 6.54 Å². The minimum Gasteiger partial charge on any atom is -0.508 e. The molecule has 0 aliphatic heterocycles. The van der Waals surface area contributed by atoms with Crippen molar-refractivity contribution in [2.45, 2.75) is 69.1 Å². The number of phenolic OH excluding ortho intramolecular Hbond substituents is 1. The summed E-state index contributed by atoms with van der Waals surface area (Å²) in [6.45, 7) is 0.421. The van der Waals surface area contributed by atoms with Gasteiger partial charge in [0.1, 0.15) is 23.9 Å². The molecule has 0 spiro atoms. The van der Waals surface area contributed by atoms with Crippen molar-refractivity contribution in [3.8, 4) is 5.75 Å². The van der Waals surface area contributed by atoms with Crippen LogP contribution in [0.4, 0.5) is 0 Å². The van der Waals surface area contributed by atoms with Crippen molar-refractivity contribution < 1.29 is 39.0 Å². The molecule has 0 heterocycles. The fourth-order valence-corrected chi connectivity index (χ4v) is 3.50. The molecule has 4 unspecified atom stereocenters. The van der Waals surface area contributed by atoms with Crippen LogP contribution in [0.5, 0.6) is 5.75 Å². The molecule has 4 atom stereocenters. The molecule has 5 amide bonds. The number of nitrogens with one attached hydrogen (secondary N) is 3. The summed E-state index contributed by atoms with van der Waals surface area (Å²) >= 11 is 0. The third-order valence-electron chi connectivity index (χ3n) is 5.65. The smallest absolute Gasteiger partial charge is 0.326 e. The summed E-state index contributed by atoms with van der Waals surface area (Å²) < 4.78 is 0. The average molecular weight is 552 g/mol. The Morgan fingerprint density at radius 2 is 1.33 bits per heavy atom. The van der Waals surface area contributed by atoms with Crippen LogP contribution in [0, 0.1) is 0 Å². The number of carboxylic acid groups (broad SMARTS) is 1. The van der Waals surface area contributed by atoms with Crippen LogP contribution in [0.15, 0.2) is 24.3 Å². The number of aromatic hydroxyl groups is 1. The summed E-state index contributed by atoms with van der Waals surface area (Å²) in [4.78, 5) is 72.9. The molecule has 0 bridgehead atoms. The second-order valence-corrected chi connectivity index (χ2v) is 8.96. The van der Waals surface area contributed by atoms with Gasteiger partial charge in [-0.15, -0.1) is 0 Å². The first-order valence-electron chi connectivity index (χ1n) is 12.3. The fourth-order valence-electron chi connectivity index (χ4n) is 3.50. The number of carbonyl (C=O) groups is 6. The highest BCUT2D eigenvalue weighted by atomic mass is 16.4. The summed E-state index contributed by atoms with van der Waals surface area (Å²) in [5.41, 5.74) is 22.1. The van der Waals surface area contributed by atoms with Gasteiger partial charge in [0, 0.05) is 12.8 Å². The normalized spacial score (nSPS) is 13.8. The number of aliphatic carboxylic acids is 1. The van der Waals surface area contributed by atoms with Crippen molar-refractivity contribution in [2.24, 2.45) is 22.9 Å². The molecule has 0 aliphatic rings. The maximum Gasteiger partial charge on any atom is 0.326 e. The van der Waals surface area contributed by atoms with Crippen LogP contribution >= 0.6 is 0 Å². The van der Waals surface area contributed by atoms with Gasteiger partial charge in [0.05, 0.1) is 12.5 Å². The largest absolute Gasteiger partial charge is 0.508 e. The van der Waals surface area contributed by atoms with Crippen LogP contribution in [-0.2, 0) is 35.2 Å². The Bertz CT molecular complexity index is 1020. The van der Waals surface area contributed by atoms with Gasteiger partial charge in [-0.3, -0.25) is 24.0 Å². The molecule has 13 N–H and O–H groups in total. The van der Waals surface area contributed by atoms with Gasteiger partial charge in [0.15, 0.2) is 0 Å². The molecule has 1 rings (SSSR count). The summed E-state index contributed by atoms with van der Waals surface area (Å²) in [7, 11) is 0. The number of phenols is 1. The van der Waals surface area contributed by atoms with Gasteiger partial charge in [-0.1, -0.05) is 18.6 Å². The summed E-state index contributed by atoms with van der Waals surface area (Å²) in [5, 5.41) is 26.0. The van der Waals surface area contributed by atoms with Gasteiger partial charge in [0.2, 0.25) is 29.5 Å². The summed E-state index contributed by atoms with van der Waals surface area (Å²) in [6, 6.07) is 0.346. The Morgan fingerprint density at radius 3 is 1.87 bits per heavy atom. The van der Waals surface area contributed by atoms with Crippen LogP contribution in [0.1, 0.15) is 44.1 Å². The van der Waals surface area contributed by atoms with Crippen LogP contribution in [-0.4, -0.2) is 76.4 Å². The molecule has 0 aromatic heterocycles. The van der Waals surface area contributed by atoms with Gasteiger partial charge in [-0.2, -0.15) is 0 Å². The molecule has 0 saturated heterocycles. The molecular formula is C24H37N7O8. The van der Waals surface area contributed by atoms with Gasteiger partial charge in [-0.05, 0) is 43.5 Å². The van der Waals surface area contributed by atoms with Gasteiger partial charge < -0.3 is 49.1 Å². The average Bonchev–Trinajstić information content (AvgIpc) is 2.86. The molecule has 0 fully saturated rings. The number of hydrogen-bond acceptors (Lipinski definition) is 9. The minimum atomic E-state index is -1.66. The van der Waals surface area contributed by atoms with Crippen LogP contribution in [0.25, 0.3) is 0 Å². The van der Waals surface area contributed by atoms with E-state index in [2.05, 4.69) is 16.0 Å². The first kappa shape index (κ1) is 32.8. The standard InChI is InChI=1S/C24H37N7O8/c25-10-2-1-3-15(26)21(35)29-16(8-9-19(27)33)22(36)30-17(11-13-4-6-14(32)7-5-13)23(37)31-18(24(38)39)12-20(28)34/h4-7,15-18,32H,1-3,8-12,25-26H2,(H2,27,33)(H2,28,34)(H,29,35)(H,30,36)(H,31,37)(H,38,39). The Morgan fingerprint density at radius 1 is 0.769 bits per heavy atom. The van der Waals surface area contributed by atoms with E-state index in [0.29, 0.717) is 31.4 Å². The molecule has 15 nitrogen and oxygen atoms in total. The highest BCUT2D eigenvalue weighted by Crippen LogP contribution is 2.12. The van der Waals surface area contributed by atoms with Crippen molar-refractivity contribution in [3.63, 3.8) is 0 Å². The molecule has 0 aliphatic carbocycles. The van der Waals surface area contributed by atoms with Crippen molar-refractivity contribution in [3.05, 3.63) is 29.8 Å². The van der Waals surface area contributed by atoms with E-state index in [-0.39, 0.29) is 25.0 Å². The summed E-state index contributed by atoms with van der Waals surface area (Å²) in [5.74, 6) is -5.76. The van der Waals surface area contributed by atoms with Crippen molar-refractivity contribution in [1.29, 1.82) is 0 Å². The first-order valence-corrected chi connectivity index (χ1v) is 12.3. The van der Waals surface area contributed by atoms with E-state index in [4.69, 9.17) is 22.9 Å². The van der Waals surface area contributed by atoms with Crippen LogP contribution in [0.2, 0.25) is 0 Å². The molecule has 39 heavy (non-hydrogen) atoms. The molecule has 1 aromatic rings. The number of unbranched alkanes of at least 4 members (excludes halogenated alkanes) is 1. The molecule has 216 valence electrons. The number of amides is 5. The van der Waals surface area contributed by atoms with Gasteiger partial charge in [0.25, 0.3) is 0 Å². The zero-order valence-corrected chi connectivity index (χ0v) is 21.4. The number of carbonyl (C=O) groups excluding carboxylic acids is 5. The highest BCUT2D eigenvalue weighted by molar-refractivity contribution is 5.95. The van der Waals surface area contributed by atoms with E-state index in [0.717, 1.165) is 0 Å². The predicted octanol–water partition coefficient (Wildman–Crippen LogP) is -2.93. The lowest BCUT2D eigenvalue weighted by atomic mass is 10.0. The molecule has 0 radical (unpaired) electrons. The lowest BCUT2D eigenvalue weighted by molar-refractivity contribution is -0.143. The van der Waals surface area contributed by atoms with E-state index in [1.54, 1.807) is 0 Å². The number of nitrogens with two attached hydrogens (primary N) is 4. The van der Waals surface area contributed by atoms with Crippen molar-refractivity contribution >= 4 is 35.5 Å². The van der Waals surface area contributed by atoms with E-state index in [9.17, 15) is 39.0 Å². The van der Waals surface area contributed by atoms with E-state index < -0.39 is 66.1 Å². The van der Waals surface area contributed by atoms with E-state index in [1.807, 2.05) is 0 Å². The second-order valence-electron chi connectivity index (χ2n) is 8.96. The fraction of sp³-hybridized carbons (Fsp3) is 0.500. The van der Waals surface area contributed by atoms with Gasteiger partial charge in [-0.25, -0.2) is 4.79 Å². The molecule has 15 heteroatoms. The first-order chi connectivity index (χ1) is 18.3. The number of carboxylic acids is 1. The zero-order chi connectivity index (χ0) is 29.5. The monoisotopic (exact) mass is 551 g/mol. The second kappa shape index (κ2) is 16.6. The summed E-state index contributed by atoms with van der Waals surface area (Å²) in [6.07, 6.45) is 0.207. The number of hydrogen-bond donors (Lipinski definition) is 9. The number of primary amides is 2. The Balaban J connectivity index is 3.15. The Labute approximate surface area is 225 Å². The van der Waals surface area contributed by atoms with Gasteiger partial charge >= 0.3 is 5.97 Å². The number of benzene rings is 1. The quantitative estimate of drug-likeness (QED) is 0.0837. The lowest BCUT2D eigenvalue weighted by Crippen LogP contribution is -2.58. The molecule has 1 aromatic carbocycles. The van der Waals surface area contributed by atoms with Crippen LogP contribution in [0.3, 0.4) is 0 Å². The Kier molecular flexibility index (Phi) is 13.9. The predicted molar refractivity (Wildman–Crippen MR) is 138 cm³/mol. The van der Waals surface area contributed by atoms with Crippen molar-refractivity contribution in [1.82, 2.24) is 16.0 Å². The topological polar surface area (TPSA) is 283 Å². The number of rotatable bonds is 18. The lowest BCUT2D eigenvalue weighted by Gasteiger charge is -2.25. The third-order valence-corrected chi connectivity index (χ3v) is 5.65. The Hall–Kier alpha value is -4.24. The minimum absolute atomic E-state index is 0.0479. The highest BCUT2D eigenvalue weighted by Gasteiger charge is 2.31.